The molecule has 0 spiro atoms. The third-order valence-electron chi connectivity index (χ3n) is 5.18. The summed E-state index contributed by atoms with van der Waals surface area (Å²) in [5, 5.41) is 4.86. The molecule has 3 rings (SSSR count). The van der Waals surface area contributed by atoms with Gasteiger partial charge in [-0.3, -0.25) is 34.2 Å². The molecule has 3 heterocycles. The maximum atomic E-state index is 12.2. The van der Waals surface area contributed by atoms with Crippen LogP contribution in [0.5, 0.6) is 0 Å². The van der Waals surface area contributed by atoms with Crippen molar-refractivity contribution >= 4 is 17.7 Å². The minimum Gasteiger partial charge on any atom is -0.374 e. The molecule has 37 heavy (non-hydrogen) atoms. The van der Waals surface area contributed by atoms with Crippen molar-refractivity contribution in [1.82, 2.24) is 30.5 Å². The fourth-order valence-electron chi connectivity index (χ4n) is 3.49. The van der Waals surface area contributed by atoms with Gasteiger partial charge in [0.25, 0.3) is 0 Å². The van der Waals surface area contributed by atoms with E-state index in [-0.39, 0.29) is 19.8 Å². The lowest BCUT2D eigenvalue weighted by Crippen LogP contribution is -2.50. The molecular formula is C26H31N7O4. The van der Waals surface area contributed by atoms with Gasteiger partial charge in [-0.1, -0.05) is 18.2 Å². The molecule has 0 saturated carbocycles. The van der Waals surface area contributed by atoms with Gasteiger partial charge in [0.1, 0.15) is 6.04 Å². The van der Waals surface area contributed by atoms with Crippen LogP contribution in [0.15, 0.2) is 67.1 Å². The van der Waals surface area contributed by atoms with Gasteiger partial charge < -0.3 is 21.1 Å². The van der Waals surface area contributed by atoms with E-state index in [9.17, 15) is 14.4 Å². The lowest BCUT2D eigenvalue weighted by atomic mass is 10.2. The standard InChI is InChI=1S/C26H31N7O4/c1-19(34)32-24(26(36)31-13-25(27)35)18-37-17-20-8-9-23(30-12-20)16-33(14-21-6-2-4-10-28-21)15-22-7-3-5-11-29-22/h2-12,24H,13-18H2,1H3,(H2,27,35)(H,31,36)(H,32,34)/t24-/m0/s1. The van der Waals surface area contributed by atoms with Crippen LogP contribution in [0.2, 0.25) is 0 Å². The van der Waals surface area contributed by atoms with Crippen LogP contribution in [0.25, 0.3) is 0 Å². The number of nitrogens with one attached hydrogen (secondary N) is 2. The van der Waals surface area contributed by atoms with Crippen LogP contribution in [0.1, 0.15) is 29.6 Å². The molecule has 0 fully saturated rings. The molecule has 0 aliphatic carbocycles. The molecule has 0 bridgehead atoms. The molecule has 4 N–H and O–H groups in total. The second-order valence-corrected chi connectivity index (χ2v) is 8.40. The summed E-state index contributed by atoms with van der Waals surface area (Å²) in [6.07, 6.45) is 5.27. The molecular weight excluding hydrogens is 474 g/mol. The molecule has 3 aromatic rings. The van der Waals surface area contributed by atoms with Crippen LogP contribution >= 0.6 is 0 Å². The van der Waals surface area contributed by atoms with E-state index in [0.717, 1.165) is 22.6 Å². The van der Waals surface area contributed by atoms with Crippen molar-refractivity contribution in [3.8, 4) is 0 Å². The van der Waals surface area contributed by atoms with E-state index in [1.165, 1.54) is 6.92 Å². The highest BCUT2D eigenvalue weighted by Crippen LogP contribution is 2.12. The third-order valence-corrected chi connectivity index (χ3v) is 5.18. The predicted octanol–water partition coefficient (Wildman–Crippen LogP) is 0.697. The Morgan fingerprint density at radius 2 is 1.54 bits per heavy atom. The number of nitrogens with two attached hydrogens (primary N) is 1. The molecule has 0 aromatic carbocycles. The van der Waals surface area contributed by atoms with Crippen molar-refractivity contribution in [2.75, 3.05) is 13.2 Å². The Morgan fingerprint density at radius 1 is 0.919 bits per heavy atom. The van der Waals surface area contributed by atoms with Crippen molar-refractivity contribution in [1.29, 1.82) is 0 Å². The molecule has 0 aliphatic heterocycles. The van der Waals surface area contributed by atoms with Gasteiger partial charge in [0.05, 0.1) is 36.8 Å². The van der Waals surface area contributed by atoms with E-state index in [1.54, 1.807) is 18.6 Å². The molecule has 3 amide bonds. The summed E-state index contributed by atoms with van der Waals surface area (Å²) in [4.78, 5) is 50.2. The van der Waals surface area contributed by atoms with E-state index in [1.807, 2.05) is 48.5 Å². The highest BCUT2D eigenvalue weighted by molar-refractivity contribution is 5.89. The minimum absolute atomic E-state index is 0.0755. The normalized spacial score (nSPS) is 11.6. The van der Waals surface area contributed by atoms with Crippen molar-refractivity contribution < 1.29 is 19.1 Å². The predicted molar refractivity (Wildman–Crippen MR) is 135 cm³/mol. The van der Waals surface area contributed by atoms with Gasteiger partial charge in [-0.05, 0) is 35.9 Å². The number of ether oxygens (including phenoxy) is 1. The van der Waals surface area contributed by atoms with Crippen molar-refractivity contribution in [3.63, 3.8) is 0 Å². The zero-order valence-corrected chi connectivity index (χ0v) is 20.7. The molecule has 11 nitrogen and oxygen atoms in total. The number of pyridine rings is 3. The number of rotatable bonds is 14. The first-order chi connectivity index (χ1) is 17.9. The monoisotopic (exact) mass is 505 g/mol. The fourth-order valence-corrected chi connectivity index (χ4v) is 3.49. The lowest BCUT2D eigenvalue weighted by molar-refractivity contribution is -0.130. The van der Waals surface area contributed by atoms with E-state index in [0.29, 0.717) is 19.6 Å². The number of hydrogen-bond acceptors (Lipinski definition) is 8. The smallest absolute Gasteiger partial charge is 0.245 e. The van der Waals surface area contributed by atoms with Crippen LogP contribution in [-0.2, 0) is 45.4 Å². The van der Waals surface area contributed by atoms with Crippen LogP contribution < -0.4 is 16.4 Å². The van der Waals surface area contributed by atoms with E-state index >= 15 is 0 Å². The maximum absolute atomic E-state index is 12.2. The molecule has 194 valence electrons. The number of aromatic nitrogens is 3. The van der Waals surface area contributed by atoms with Crippen molar-refractivity contribution in [2.45, 2.75) is 39.2 Å². The average Bonchev–Trinajstić information content (AvgIpc) is 2.88. The molecule has 0 unspecified atom stereocenters. The highest BCUT2D eigenvalue weighted by atomic mass is 16.5. The molecule has 0 aliphatic rings. The van der Waals surface area contributed by atoms with Crippen LogP contribution in [0.4, 0.5) is 0 Å². The van der Waals surface area contributed by atoms with Gasteiger partial charge in [-0.2, -0.15) is 0 Å². The number of carbonyl (C=O) groups excluding carboxylic acids is 3. The first-order valence-corrected chi connectivity index (χ1v) is 11.8. The zero-order valence-electron chi connectivity index (χ0n) is 20.7. The van der Waals surface area contributed by atoms with Gasteiger partial charge in [-0.25, -0.2) is 0 Å². The van der Waals surface area contributed by atoms with Crippen LogP contribution in [0.3, 0.4) is 0 Å². The minimum atomic E-state index is -0.948. The Kier molecular flexibility index (Phi) is 10.6. The van der Waals surface area contributed by atoms with Gasteiger partial charge in [-0.15, -0.1) is 0 Å². The fraction of sp³-hybridized carbons (Fsp3) is 0.308. The summed E-state index contributed by atoms with van der Waals surface area (Å²) in [7, 11) is 0. The largest absolute Gasteiger partial charge is 0.374 e. The molecule has 0 saturated heterocycles. The van der Waals surface area contributed by atoms with Crippen LogP contribution in [0, 0.1) is 0 Å². The zero-order chi connectivity index (χ0) is 26.5. The average molecular weight is 506 g/mol. The van der Waals surface area contributed by atoms with Gasteiger partial charge in [0.15, 0.2) is 0 Å². The molecule has 0 radical (unpaired) electrons. The number of amides is 3. The highest BCUT2D eigenvalue weighted by Gasteiger charge is 2.20. The number of hydrogen-bond donors (Lipinski definition) is 3. The van der Waals surface area contributed by atoms with Gasteiger partial charge in [0, 0.05) is 45.1 Å². The first kappa shape index (κ1) is 27.4. The SMILES string of the molecule is CC(=O)N[C@@H](COCc1ccc(CN(Cc2ccccn2)Cc2ccccn2)nc1)C(=O)NCC(N)=O. The van der Waals surface area contributed by atoms with E-state index in [2.05, 4.69) is 30.5 Å². The third kappa shape index (κ3) is 10.1. The van der Waals surface area contributed by atoms with Crippen molar-refractivity contribution in [2.24, 2.45) is 5.73 Å². The van der Waals surface area contributed by atoms with Gasteiger partial charge in [0.2, 0.25) is 17.7 Å². The molecule has 1 atom stereocenters. The first-order valence-electron chi connectivity index (χ1n) is 11.8. The maximum Gasteiger partial charge on any atom is 0.245 e. The van der Waals surface area contributed by atoms with E-state index < -0.39 is 23.8 Å². The number of nitrogens with zero attached hydrogens (tertiary/aromatic N) is 4. The topological polar surface area (TPSA) is 152 Å². The Hall–Kier alpha value is -4.22. The Morgan fingerprint density at radius 3 is 2.03 bits per heavy atom. The summed E-state index contributed by atoms with van der Waals surface area (Å²) in [5.74, 6) is -1.63. The summed E-state index contributed by atoms with van der Waals surface area (Å²) in [6, 6.07) is 14.6. The second-order valence-electron chi connectivity index (χ2n) is 8.40. The quantitative estimate of drug-likeness (QED) is 0.289. The van der Waals surface area contributed by atoms with Crippen LogP contribution in [-0.4, -0.2) is 56.8 Å². The van der Waals surface area contributed by atoms with E-state index in [4.69, 9.17) is 10.5 Å². The number of carbonyl (C=O) groups is 3. The summed E-state index contributed by atoms with van der Waals surface area (Å²) in [6.45, 7) is 2.98. The Bertz CT molecular complexity index is 1100. The molecule has 11 heteroatoms. The molecule has 3 aromatic heterocycles. The Balaban J connectivity index is 1.56. The number of primary amides is 1. The van der Waals surface area contributed by atoms with Gasteiger partial charge >= 0.3 is 0 Å². The summed E-state index contributed by atoms with van der Waals surface area (Å²) in [5.41, 5.74) is 8.64. The summed E-state index contributed by atoms with van der Waals surface area (Å²) < 4.78 is 5.63. The summed E-state index contributed by atoms with van der Waals surface area (Å²) >= 11 is 0. The lowest BCUT2D eigenvalue weighted by Gasteiger charge is -2.21. The second kappa shape index (κ2) is 14.4. The van der Waals surface area contributed by atoms with Crippen molar-refractivity contribution in [3.05, 3.63) is 89.8 Å². The Labute approximate surface area is 215 Å².